The highest BCUT2D eigenvalue weighted by atomic mass is 35.5. The summed E-state index contributed by atoms with van der Waals surface area (Å²) in [6.45, 7) is 0. The van der Waals surface area contributed by atoms with Crippen LogP contribution in [0.5, 0.6) is 17.2 Å². The molecule has 0 unspecified atom stereocenters. The third kappa shape index (κ3) is 3.30. The van der Waals surface area contributed by atoms with E-state index in [1.54, 1.807) is 44.6 Å². The van der Waals surface area contributed by atoms with Crippen molar-refractivity contribution in [2.45, 2.75) is 0 Å². The van der Waals surface area contributed by atoms with Crippen LogP contribution >= 0.6 is 22.9 Å². The molecule has 0 spiro atoms. The number of halogens is 1. The van der Waals surface area contributed by atoms with Crippen LogP contribution in [0.1, 0.15) is 5.56 Å². The van der Waals surface area contributed by atoms with Gasteiger partial charge in [-0.25, -0.2) is 4.40 Å². The minimum Gasteiger partial charge on any atom is -0.493 e. The first kappa shape index (κ1) is 19.2. The predicted octanol–water partition coefficient (Wildman–Crippen LogP) is 3.04. The van der Waals surface area contributed by atoms with Crippen molar-refractivity contribution in [1.29, 1.82) is 0 Å². The molecule has 0 amide bonds. The van der Waals surface area contributed by atoms with Crippen molar-refractivity contribution >= 4 is 34.0 Å². The Morgan fingerprint density at radius 1 is 1.03 bits per heavy atom. The van der Waals surface area contributed by atoms with Gasteiger partial charge in [-0.3, -0.25) is 4.79 Å². The Morgan fingerprint density at radius 2 is 1.72 bits per heavy atom. The molecule has 0 aliphatic rings. The molecular weight excluding hydrogens is 414 g/mol. The van der Waals surface area contributed by atoms with Crippen LogP contribution in [0.4, 0.5) is 0 Å². The highest BCUT2D eigenvalue weighted by Crippen LogP contribution is 2.38. The minimum absolute atomic E-state index is 0.223. The maximum Gasteiger partial charge on any atom is 0.276 e. The Labute approximate surface area is 174 Å². The average molecular weight is 430 g/mol. The number of nitrogens with zero attached hydrogens (tertiary/aromatic N) is 3. The number of aromatic nitrogens is 3. The smallest absolute Gasteiger partial charge is 0.276 e. The van der Waals surface area contributed by atoms with E-state index in [1.807, 2.05) is 12.1 Å². The summed E-state index contributed by atoms with van der Waals surface area (Å²) in [5.41, 5.74) is 1.16. The lowest BCUT2D eigenvalue weighted by Gasteiger charge is -2.12. The van der Waals surface area contributed by atoms with Gasteiger partial charge in [0.25, 0.3) is 5.56 Å². The van der Waals surface area contributed by atoms with Gasteiger partial charge in [-0.15, -0.1) is 10.2 Å². The molecule has 2 aromatic carbocycles. The van der Waals surface area contributed by atoms with Crippen molar-refractivity contribution in [1.82, 2.24) is 14.6 Å². The Hall–Kier alpha value is -3.10. The fourth-order valence-electron chi connectivity index (χ4n) is 3.02. The Bertz CT molecular complexity index is 1290. The lowest BCUT2D eigenvalue weighted by atomic mass is 10.1. The third-order valence-corrected chi connectivity index (χ3v) is 5.64. The number of hydrogen-bond acceptors (Lipinski definition) is 7. The molecule has 4 aromatic rings. The van der Waals surface area contributed by atoms with Gasteiger partial charge in [0, 0.05) is 5.56 Å². The summed E-state index contributed by atoms with van der Waals surface area (Å²) in [7, 11) is 4.62. The standard InChI is InChI=1S/C20H16ClN3O4S/c1-26-14-8-11(9-15(27-2)17(14)28-3)10-16-19(25)24-18(22-23-20(24)29-16)12-6-4-5-7-13(12)21/h4-10H,1-3H3/b16-10-. The van der Waals surface area contributed by atoms with E-state index in [9.17, 15) is 4.79 Å². The monoisotopic (exact) mass is 429 g/mol. The van der Waals surface area contributed by atoms with Gasteiger partial charge in [0.05, 0.1) is 30.9 Å². The second kappa shape index (κ2) is 7.73. The molecule has 2 aromatic heterocycles. The van der Waals surface area contributed by atoms with Crippen molar-refractivity contribution in [2.24, 2.45) is 0 Å². The van der Waals surface area contributed by atoms with Crippen LogP contribution in [0.3, 0.4) is 0 Å². The third-order valence-electron chi connectivity index (χ3n) is 4.35. The number of fused-ring (bicyclic) bond motifs is 1. The van der Waals surface area contributed by atoms with E-state index in [2.05, 4.69) is 10.2 Å². The molecule has 0 saturated heterocycles. The summed E-state index contributed by atoms with van der Waals surface area (Å²) < 4.78 is 18.1. The van der Waals surface area contributed by atoms with Crippen LogP contribution < -0.4 is 24.3 Å². The first-order chi connectivity index (χ1) is 14.1. The summed E-state index contributed by atoms with van der Waals surface area (Å²) >= 11 is 7.52. The average Bonchev–Trinajstić information content (AvgIpc) is 3.28. The highest BCUT2D eigenvalue weighted by Gasteiger charge is 2.17. The van der Waals surface area contributed by atoms with E-state index in [-0.39, 0.29) is 5.56 Å². The molecule has 4 rings (SSSR count). The largest absolute Gasteiger partial charge is 0.493 e. The number of rotatable bonds is 5. The maximum absolute atomic E-state index is 13.1. The molecule has 0 N–H and O–H groups in total. The molecule has 9 heteroatoms. The Kier molecular flexibility index (Phi) is 5.12. The van der Waals surface area contributed by atoms with Gasteiger partial charge >= 0.3 is 0 Å². The second-order valence-corrected chi connectivity index (χ2v) is 7.41. The van der Waals surface area contributed by atoms with Crippen LogP contribution in [0, 0.1) is 0 Å². The van der Waals surface area contributed by atoms with Crippen LogP contribution in [0.25, 0.3) is 22.4 Å². The van der Waals surface area contributed by atoms with Crippen LogP contribution in [0.2, 0.25) is 5.02 Å². The Balaban J connectivity index is 1.90. The summed E-state index contributed by atoms with van der Waals surface area (Å²) in [5.74, 6) is 1.91. The van der Waals surface area contributed by atoms with Crippen LogP contribution in [-0.2, 0) is 0 Å². The fourth-order valence-corrected chi connectivity index (χ4v) is 4.15. The topological polar surface area (TPSA) is 75.0 Å². The van der Waals surface area contributed by atoms with Crippen molar-refractivity contribution in [3.8, 4) is 28.6 Å². The number of benzene rings is 2. The minimum atomic E-state index is -0.223. The molecule has 0 bridgehead atoms. The summed E-state index contributed by atoms with van der Waals surface area (Å²) in [5, 5.41) is 8.78. The lowest BCUT2D eigenvalue weighted by molar-refractivity contribution is 0.324. The number of methoxy groups -OCH3 is 3. The van der Waals surface area contributed by atoms with Crippen LogP contribution in [0.15, 0.2) is 41.2 Å². The van der Waals surface area contributed by atoms with Gasteiger partial charge in [0.2, 0.25) is 10.7 Å². The molecule has 29 heavy (non-hydrogen) atoms. The highest BCUT2D eigenvalue weighted by molar-refractivity contribution is 7.15. The van der Waals surface area contributed by atoms with E-state index in [0.717, 1.165) is 5.56 Å². The molecule has 0 saturated carbocycles. The van der Waals surface area contributed by atoms with Gasteiger partial charge in [-0.2, -0.15) is 0 Å². The lowest BCUT2D eigenvalue weighted by Crippen LogP contribution is -2.23. The van der Waals surface area contributed by atoms with Gasteiger partial charge in [0.15, 0.2) is 17.3 Å². The van der Waals surface area contributed by atoms with E-state index in [4.69, 9.17) is 25.8 Å². The predicted molar refractivity (Wildman–Crippen MR) is 112 cm³/mol. The van der Waals surface area contributed by atoms with Gasteiger partial charge in [-0.1, -0.05) is 35.1 Å². The molecule has 0 aliphatic heterocycles. The molecule has 2 heterocycles. The molecule has 0 aliphatic carbocycles. The molecule has 0 fully saturated rings. The van der Waals surface area contributed by atoms with Gasteiger partial charge < -0.3 is 14.2 Å². The summed E-state index contributed by atoms with van der Waals surface area (Å²) in [6.07, 6.45) is 1.75. The van der Waals surface area contributed by atoms with Crippen molar-refractivity contribution < 1.29 is 14.2 Å². The van der Waals surface area contributed by atoms with Crippen molar-refractivity contribution in [3.05, 3.63) is 61.9 Å². The zero-order chi connectivity index (χ0) is 20.5. The van der Waals surface area contributed by atoms with E-state index in [0.29, 0.717) is 43.2 Å². The fraction of sp³-hybridized carbons (Fsp3) is 0.150. The summed E-state index contributed by atoms with van der Waals surface area (Å²) in [4.78, 5) is 13.6. The van der Waals surface area contributed by atoms with E-state index < -0.39 is 0 Å². The first-order valence-corrected chi connectivity index (χ1v) is 9.71. The van der Waals surface area contributed by atoms with Crippen molar-refractivity contribution in [2.75, 3.05) is 21.3 Å². The normalized spacial score (nSPS) is 11.8. The number of thiazole rings is 1. The van der Waals surface area contributed by atoms with Gasteiger partial charge in [-0.05, 0) is 35.9 Å². The summed E-state index contributed by atoms with van der Waals surface area (Å²) in [6, 6.07) is 10.8. The van der Waals surface area contributed by atoms with E-state index in [1.165, 1.54) is 22.8 Å². The Morgan fingerprint density at radius 3 is 2.34 bits per heavy atom. The molecule has 0 radical (unpaired) electrons. The van der Waals surface area contributed by atoms with Crippen LogP contribution in [-0.4, -0.2) is 35.9 Å². The number of ether oxygens (including phenoxy) is 3. The quantitative estimate of drug-likeness (QED) is 0.485. The maximum atomic E-state index is 13.1. The second-order valence-electron chi connectivity index (χ2n) is 6.00. The molecule has 0 atom stereocenters. The first-order valence-electron chi connectivity index (χ1n) is 8.52. The molecule has 7 nitrogen and oxygen atoms in total. The molecular formula is C20H16ClN3O4S. The number of hydrogen-bond donors (Lipinski definition) is 0. The molecule has 148 valence electrons. The zero-order valence-corrected chi connectivity index (χ0v) is 17.4. The van der Waals surface area contributed by atoms with Crippen molar-refractivity contribution in [3.63, 3.8) is 0 Å². The zero-order valence-electron chi connectivity index (χ0n) is 15.8. The van der Waals surface area contributed by atoms with Gasteiger partial charge in [0.1, 0.15) is 0 Å². The SMILES string of the molecule is COc1cc(/C=c2\sc3nnc(-c4ccccc4Cl)n3c2=O)cc(OC)c1OC. The van der Waals surface area contributed by atoms with E-state index >= 15 is 0 Å².